The molecule has 18 heavy (non-hydrogen) atoms. The molecule has 4 heteroatoms. The van der Waals surface area contributed by atoms with Gasteiger partial charge in [-0.25, -0.2) is 14.4 Å². The molecule has 94 valence electrons. The summed E-state index contributed by atoms with van der Waals surface area (Å²) in [5.74, 6) is 1.37. The van der Waals surface area contributed by atoms with E-state index in [1.54, 1.807) is 12.1 Å². The molecule has 0 fully saturated rings. The van der Waals surface area contributed by atoms with E-state index in [2.05, 4.69) is 15.3 Å². The molecule has 2 rings (SSSR count). The van der Waals surface area contributed by atoms with E-state index in [-0.39, 0.29) is 5.82 Å². The number of aromatic nitrogens is 2. The number of halogens is 1. The Labute approximate surface area is 106 Å². The van der Waals surface area contributed by atoms with E-state index in [0.717, 1.165) is 28.5 Å². The second-order valence-corrected chi connectivity index (χ2v) is 4.25. The minimum absolute atomic E-state index is 0.226. The van der Waals surface area contributed by atoms with E-state index >= 15 is 0 Å². The average Bonchev–Trinajstić information content (AvgIpc) is 2.36. The van der Waals surface area contributed by atoms with Crippen LogP contribution in [-0.4, -0.2) is 17.0 Å². The van der Waals surface area contributed by atoms with E-state index in [1.165, 1.54) is 12.1 Å². The minimum Gasteiger partial charge on any atom is -0.373 e. The first-order valence-corrected chi connectivity index (χ1v) is 5.86. The van der Waals surface area contributed by atoms with Gasteiger partial charge in [0.15, 0.2) is 0 Å². The number of hydrogen-bond acceptors (Lipinski definition) is 3. The Hall–Kier alpha value is -1.97. The molecule has 0 radical (unpaired) electrons. The van der Waals surface area contributed by atoms with Crippen LogP contribution in [-0.2, 0) is 6.42 Å². The number of rotatable bonds is 3. The Balaban J connectivity index is 2.29. The van der Waals surface area contributed by atoms with Crippen molar-refractivity contribution < 1.29 is 4.39 Å². The molecule has 3 nitrogen and oxygen atoms in total. The lowest BCUT2D eigenvalue weighted by molar-refractivity contribution is 0.627. The van der Waals surface area contributed by atoms with Crippen LogP contribution in [0.4, 0.5) is 10.2 Å². The molecule has 0 amide bonds. The lowest BCUT2D eigenvalue weighted by Crippen LogP contribution is -2.05. The summed E-state index contributed by atoms with van der Waals surface area (Å²) in [5, 5.41) is 3.06. The summed E-state index contributed by atoms with van der Waals surface area (Å²) in [5.41, 5.74) is 3.02. The van der Waals surface area contributed by atoms with Gasteiger partial charge in [0.25, 0.3) is 0 Å². The minimum atomic E-state index is -0.226. The van der Waals surface area contributed by atoms with Gasteiger partial charge >= 0.3 is 0 Å². The van der Waals surface area contributed by atoms with Crippen molar-refractivity contribution in [2.45, 2.75) is 20.3 Å². The largest absolute Gasteiger partial charge is 0.373 e. The molecule has 0 aliphatic rings. The molecule has 0 atom stereocenters. The lowest BCUT2D eigenvalue weighted by Gasteiger charge is -2.09. The molecule has 1 aromatic carbocycles. The Bertz CT molecular complexity index is 550. The van der Waals surface area contributed by atoms with Gasteiger partial charge in [0, 0.05) is 24.7 Å². The number of hydrogen-bond donors (Lipinski definition) is 1. The van der Waals surface area contributed by atoms with Crippen LogP contribution in [0.15, 0.2) is 24.3 Å². The topological polar surface area (TPSA) is 37.8 Å². The Morgan fingerprint density at radius 2 is 1.78 bits per heavy atom. The molecule has 0 unspecified atom stereocenters. The van der Waals surface area contributed by atoms with Crippen LogP contribution in [0.5, 0.6) is 0 Å². The second kappa shape index (κ2) is 5.12. The van der Waals surface area contributed by atoms with Crippen LogP contribution < -0.4 is 5.32 Å². The number of nitrogens with one attached hydrogen (secondary N) is 1. The first-order chi connectivity index (χ1) is 8.60. The van der Waals surface area contributed by atoms with Crippen LogP contribution in [0.25, 0.3) is 0 Å². The van der Waals surface area contributed by atoms with Crippen molar-refractivity contribution in [3.05, 3.63) is 52.7 Å². The fraction of sp³-hybridized carbons (Fsp3) is 0.286. The van der Waals surface area contributed by atoms with E-state index in [0.29, 0.717) is 6.42 Å². The number of anilines is 1. The lowest BCUT2D eigenvalue weighted by atomic mass is 10.1. The van der Waals surface area contributed by atoms with E-state index in [9.17, 15) is 4.39 Å². The Morgan fingerprint density at radius 3 is 2.39 bits per heavy atom. The molecule has 0 bridgehead atoms. The molecule has 0 saturated heterocycles. The van der Waals surface area contributed by atoms with Crippen LogP contribution in [0, 0.1) is 19.7 Å². The molecule has 0 saturated carbocycles. The summed E-state index contributed by atoms with van der Waals surface area (Å²) in [7, 11) is 1.84. The highest BCUT2D eigenvalue weighted by Crippen LogP contribution is 2.16. The third-order valence-electron chi connectivity index (χ3n) is 2.95. The fourth-order valence-corrected chi connectivity index (χ4v) is 1.79. The van der Waals surface area contributed by atoms with Gasteiger partial charge in [-0.2, -0.15) is 0 Å². The normalized spacial score (nSPS) is 10.4. The predicted octanol–water partition coefficient (Wildman–Crippen LogP) is 2.87. The van der Waals surface area contributed by atoms with E-state index < -0.39 is 0 Å². The zero-order valence-corrected chi connectivity index (χ0v) is 10.8. The zero-order chi connectivity index (χ0) is 13.1. The molecule has 1 heterocycles. The van der Waals surface area contributed by atoms with Crippen LogP contribution in [0.2, 0.25) is 0 Å². The molecule has 2 aromatic rings. The smallest absolute Gasteiger partial charge is 0.135 e. The van der Waals surface area contributed by atoms with E-state index in [4.69, 9.17) is 0 Å². The monoisotopic (exact) mass is 245 g/mol. The highest BCUT2D eigenvalue weighted by Gasteiger charge is 2.07. The van der Waals surface area contributed by atoms with Crippen molar-refractivity contribution in [2.24, 2.45) is 0 Å². The molecular weight excluding hydrogens is 229 g/mol. The van der Waals surface area contributed by atoms with Gasteiger partial charge < -0.3 is 5.32 Å². The summed E-state index contributed by atoms with van der Waals surface area (Å²) >= 11 is 0. The van der Waals surface area contributed by atoms with Crippen LogP contribution in [0.1, 0.15) is 22.6 Å². The first-order valence-electron chi connectivity index (χ1n) is 5.86. The van der Waals surface area contributed by atoms with Gasteiger partial charge in [0.2, 0.25) is 0 Å². The van der Waals surface area contributed by atoms with Crippen molar-refractivity contribution in [2.75, 3.05) is 12.4 Å². The van der Waals surface area contributed by atoms with Gasteiger partial charge in [-0.1, -0.05) is 12.1 Å². The Kier molecular flexibility index (Phi) is 3.55. The molecule has 0 aliphatic heterocycles. The maximum atomic E-state index is 12.8. The average molecular weight is 245 g/mol. The van der Waals surface area contributed by atoms with Gasteiger partial charge in [0.1, 0.15) is 17.5 Å². The third kappa shape index (κ3) is 2.64. The molecule has 1 N–H and O–H groups in total. The van der Waals surface area contributed by atoms with Crippen molar-refractivity contribution in [1.29, 1.82) is 0 Å². The van der Waals surface area contributed by atoms with Crippen molar-refractivity contribution in [3.8, 4) is 0 Å². The van der Waals surface area contributed by atoms with Crippen molar-refractivity contribution in [1.82, 2.24) is 9.97 Å². The van der Waals surface area contributed by atoms with Gasteiger partial charge in [-0.15, -0.1) is 0 Å². The number of benzene rings is 1. The summed E-state index contributed by atoms with van der Waals surface area (Å²) in [6.45, 7) is 3.95. The van der Waals surface area contributed by atoms with E-state index in [1.807, 2.05) is 20.9 Å². The number of aryl methyl sites for hydroxylation is 1. The van der Waals surface area contributed by atoms with Crippen LogP contribution >= 0.6 is 0 Å². The zero-order valence-electron chi connectivity index (χ0n) is 10.8. The first kappa shape index (κ1) is 12.5. The maximum Gasteiger partial charge on any atom is 0.135 e. The summed E-state index contributed by atoms with van der Waals surface area (Å²) in [6.07, 6.45) is 0.607. The fourth-order valence-electron chi connectivity index (χ4n) is 1.79. The quantitative estimate of drug-likeness (QED) is 0.903. The third-order valence-corrected chi connectivity index (χ3v) is 2.95. The maximum absolute atomic E-state index is 12.8. The van der Waals surface area contributed by atoms with Gasteiger partial charge in [-0.3, -0.25) is 0 Å². The van der Waals surface area contributed by atoms with Crippen molar-refractivity contribution in [3.63, 3.8) is 0 Å². The van der Waals surface area contributed by atoms with Gasteiger partial charge in [0.05, 0.1) is 0 Å². The van der Waals surface area contributed by atoms with Crippen LogP contribution in [0.3, 0.4) is 0 Å². The van der Waals surface area contributed by atoms with Crippen molar-refractivity contribution >= 4 is 5.82 Å². The van der Waals surface area contributed by atoms with Gasteiger partial charge in [-0.05, 0) is 31.5 Å². The Morgan fingerprint density at radius 1 is 1.11 bits per heavy atom. The molecule has 0 spiro atoms. The predicted molar refractivity (Wildman–Crippen MR) is 70.3 cm³/mol. The molecule has 0 aliphatic carbocycles. The highest BCUT2D eigenvalue weighted by atomic mass is 19.1. The SMILES string of the molecule is CNc1nc(Cc2ccc(F)cc2)nc(C)c1C. The highest BCUT2D eigenvalue weighted by molar-refractivity contribution is 5.45. The standard InChI is InChI=1S/C14H16FN3/c1-9-10(2)17-13(18-14(9)16-3)8-11-4-6-12(15)7-5-11/h4-7H,8H2,1-3H3,(H,16,17,18). The second-order valence-electron chi connectivity index (χ2n) is 4.25. The molecule has 1 aromatic heterocycles. The summed E-state index contributed by atoms with van der Waals surface area (Å²) in [6, 6.07) is 6.42. The summed E-state index contributed by atoms with van der Waals surface area (Å²) < 4.78 is 12.8. The number of nitrogens with zero attached hydrogens (tertiary/aromatic N) is 2. The summed E-state index contributed by atoms with van der Waals surface area (Å²) in [4.78, 5) is 8.91. The molecular formula is C14H16FN3.